The highest BCUT2D eigenvalue weighted by molar-refractivity contribution is 5.91. The maximum atomic E-state index is 9.87. The Kier molecular flexibility index (Phi) is 8.33. The minimum absolute atomic E-state index is 0.0451. The molecule has 0 saturated heterocycles. The van der Waals surface area contributed by atoms with Crippen molar-refractivity contribution < 1.29 is 30.0 Å². The summed E-state index contributed by atoms with van der Waals surface area (Å²) in [5, 5.41) is 32.9. The Morgan fingerprint density at radius 1 is 1.12 bits per heavy atom. The van der Waals surface area contributed by atoms with Crippen LogP contribution in [0.4, 0.5) is 0 Å². The summed E-state index contributed by atoms with van der Waals surface area (Å²) in [5.74, 6) is -2.44. The second kappa shape index (κ2) is 7.84. The van der Waals surface area contributed by atoms with E-state index in [0.717, 1.165) is 0 Å². The van der Waals surface area contributed by atoms with Crippen molar-refractivity contribution in [1.82, 2.24) is 0 Å². The molecular formula is C10H18O6. The molecule has 16 heavy (non-hydrogen) atoms. The highest BCUT2D eigenvalue weighted by atomic mass is 16.4. The maximum Gasteiger partial charge on any atom is 0.331 e. The zero-order valence-corrected chi connectivity index (χ0v) is 9.43. The van der Waals surface area contributed by atoms with Crippen molar-refractivity contribution in [3.8, 4) is 0 Å². The zero-order valence-electron chi connectivity index (χ0n) is 9.43. The molecule has 0 spiro atoms. The van der Waals surface area contributed by atoms with Crippen LogP contribution in [0.3, 0.4) is 0 Å². The monoisotopic (exact) mass is 234 g/mol. The van der Waals surface area contributed by atoms with Gasteiger partial charge in [0.15, 0.2) is 0 Å². The summed E-state index contributed by atoms with van der Waals surface area (Å²) >= 11 is 0. The molecule has 6 nitrogen and oxygen atoms in total. The molecule has 0 aromatic carbocycles. The van der Waals surface area contributed by atoms with Crippen molar-refractivity contribution in [2.45, 2.75) is 20.3 Å². The largest absolute Gasteiger partial charge is 0.481 e. The van der Waals surface area contributed by atoms with Crippen LogP contribution in [0.15, 0.2) is 12.2 Å². The van der Waals surface area contributed by atoms with Crippen molar-refractivity contribution in [1.29, 1.82) is 0 Å². The van der Waals surface area contributed by atoms with Gasteiger partial charge >= 0.3 is 11.9 Å². The van der Waals surface area contributed by atoms with Crippen molar-refractivity contribution in [3.05, 3.63) is 12.2 Å². The topological polar surface area (TPSA) is 115 Å². The van der Waals surface area contributed by atoms with E-state index in [9.17, 15) is 9.59 Å². The first-order chi connectivity index (χ1) is 7.16. The molecule has 0 amide bonds. The van der Waals surface area contributed by atoms with E-state index in [2.05, 4.69) is 6.58 Å². The Bertz CT molecular complexity index is 250. The third-order valence-electron chi connectivity index (χ3n) is 1.52. The molecule has 0 bridgehead atoms. The van der Waals surface area contributed by atoms with Crippen LogP contribution in [0.5, 0.6) is 0 Å². The highest BCUT2D eigenvalue weighted by Crippen LogP contribution is 2.10. The minimum Gasteiger partial charge on any atom is -0.481 e. The summed E-state index contributed by atoms with van der Waals surface area (Å²) in [4.78, 5) is 19.7. The van der Waals surface area contributed by atoms with Crippen molar-refractivity contribution >= 4 is 11.9 Å². The molecule has 0 fully saturated rings. The summed E-state index contributed by atoms with van der Waals surface area (Å²) < 4.78 is 0. The third kappa shape index (κ3) is 10.7. The van der Waals surface area contributed by atoms with Crippen LogP contribution < -0.4 is 0 Å². The van der Waals surface area contributed by atoms with Crippen LogP contribution in [0.1, 0.15) is 20.3 Å². The quantitative estimate of drug-likeness (QED) is 0.501. The van der Waals surface area contributed by atoms with E-state index in [0.29, 0.717) is 0 Å². The Labute approximate surface area is 93.8 Å². The van der Waals surface area contributed by atoms with E-state index in [4.69, 9.17) is 20.4 Å². The lowest BCUT2D eigenvalue weighted by Crippen LogP contribution is -2.20. The van der Waals surface area contributed by atoms with Gasteiger partial charge in [0.05, 0.1) is 19.6 Å². The molecule has 94 valence electrons. The molecule has 0 aliphatic carbocycles. The lowest BCUT2D eigenvalue weighted by atomic mass is 9.97. The van der Waals surface area contributed by atoms with E-state index >= 15 is 0 Å². The molecule has 0 aliphatic rings. The van der Waals surface area contributed by atoms with Crippen LogP contribution in [0.2, 0.25) is 0 Å². The average molecular weight is 234 g/mol. The number of carboxylic acids is 2. The standard InChI is InChI=1S/C5H6O4.C5H12O2/c1-3(5(8)9)2-4(6)7;1-5(2,3-6)4-7/h1-2H2,(H,6,7)(H,8,9);6-7H,3-4H2,1-2H3. The van der Waals surface area contributed by atoms with Gasteiger partial charge in [-0.3, -0.25) is 4.79 Å². The second-order valence-electron chi connectivity index (χ2n) is 3.96. The van der Waals surface area contributed by atoms with Crippen molar-refractivity contribution in [2.24, 2.45) is 5.41 Å². The van der Waals surface area contributed by atoms with E-state index in [1.54, 1.807) is 13.8 Å². The number of carbonyl (C=O) groups is 2. The molecule has 4 N–H and O–H groups in total. The predicted octanol–water partition coefficient (Wildman–Crippen LogP) is 0.0991. The van der Waals surface area contributed by atoms with E-state index in [1.807, 2.05) is 0 Å². The smallest absolute Gasteiger partial charge is 0.331 e. The van der Waals surface area contributed by atoms with Gasteiger partial charge < -0.3 is 20.4 Å². The summed E-state index contributed by atoms with van der Waals surface area (Å²) in [6, 6.07) is 0. The van der Waals surface area contributed by atoms with Crippen LogP contribution in [-0.4, -0.2) is 45.6 Å². The van der Waals surface area contributed by atoms with Crippen molar-refractivity contribution in [2.75, 3.05) is 13.2 Å². The molecule has 0 aliphatic heterocycles. The third-order valence-corrected chi connectivity index (χ3v) is 1.52. The number of rotatable bonds is 5. The van der Waals surface area contributed by atoms with Gasteiger partial charge in [-0.25, -0.2) is 4.79 Å². The Morgan fingerprint density at radius 2 is 1.50 bits per heavy atom. The van der Waals surface area contributed by atoms with E-state index in [-0.39, 0.29) is 24.2 Å². The molecule has 0 radical (unpaired) electrons. The Morgan fingerprint density at radius 3 is 1.56 bits per heavy atom. The fourth-order valence-electron chi connectivity index (χ4n) is 0.308. The summed E-state index contributed by atoms with van der Waals surface area (Å²) in [6.07, 6.45) is -0.505. The molecule has 0 unspecified atom stereocenters. The van der Waals surface area contributed by atoms with Gasteiger partial charge in [0, 0.05) is 11.0 Å². The van der Waals surface area contributed by atoms with Crippen LogP contribution in [0, 0.1) is 5.41 Å². The van der Waals surface area contributed by atoms with Gasteiger partial charge in [-0.05, 0) is 0 Å². The number of aliphatic hydroxyl groups excluding tert-OH is 2. The number of aliphatic carboxylic acids is 2. The number of aliphatic hydroxyl groups is 2. The molecule has 6 heteroatoms. The van der Waals surface area contributed by atoms with Gasteiger partial charge in [-0.15, -0.1) is 0 Å². The molecular weight excluding hydrogens is 216 g/mol. The van der Waals surface area contributed by atoms with Gasteiger partial charge in [-0.2, -0.15) is 0 Å². The van der Waals surface area contributed by atoms with E-state index < -0.39 is 18.4 Å². The molecule has 0 aromatic rings. The summed E-state index contributed by atoms with van der Waals surface area (Å²) in [6.45, 7) is 6.70. The second-order valence-corrected chi connectivity index (χ2v) is 3.96. The first kappa shape index (κ1) is 17.0. The normalized spacial score (nSPS) is 10.0. The molecule has 0 atom stereocenters. The first-order valence-electron chi connectivity index (χ1n) is 4.51. The molecule has 0 rings (SSSR count). The van der Waals surface area contributed by atoms with Gasteiger partial charge in [-0.1, -0.05) is 20.4 Å². The lowest BCUT2D eigenvalue weighted by molar-refractivity contribution is -0.139. The van der Waals surface area contributed by atoms with Gasteiger partial charge in [0.1, 0.15) is 0 Å². The summed E-state index contributed by atoms with van der Waals surface area (Å²) in [5.41, 5.74) is -0.609. The Balaban J connectivity index is 0. The fourth-order valence-corrected chi connectivity index (χ4v) is 0.308. The van der Waals surface area contributed by atoms with Gasteiger partial charge in [0.2, 0.25) is 0 Å². The van der Waals surface area contributed by atoms with E-state index in [1.165, 1.54) is 0 Å². The fraction of sp³-hybridized carbons (Fsp3) is 0.600. The van der Waals surface area contributed by atoms with Crippen LogP contribution in [-0.2, 0) is 9.59 Å². The number of carboxylic acid groups (broad SMARTS) is 2. The maximum absolute atomic E-state index is 9.87. The summed E-state index contributed by atoms with van der Waals surface area (Å²) in [7, 11) is 0. The van der Waals surface area contributed by atoms with Crippen LogP contribution >= 0.6 is 0 Å². The zero-order chi connectivity index (χ0) is 13.4. The first-order valence-corrected chi connectivity index (χ1v) is 4.51. The van der Waals surface area contributed by atoms with Crippen molar-refractivity contribution in [3.63, 3.8) is 0 Å². The number of hydrogen-bond acceptors (Lipinski definition) is 4. The van der Waals surface area contributed by atoms with Gasteiger partial charge in [0.25, 0.3) is 0 Å². The SMILES string of the molecule is C=C(CC(=O)O)C(=O)O.CC(C)(CO)CO. The minimum atomic E-state index is -1.27. The highest BCUT2D eigenvalue weighted by Gasteiger charge is 2.13. The molecule has 0 aromatic heterocycles. The molecule has 0 saturated carbocycles. The number of hydrogen-bond donors (Lipinski definition) is 4. The Hall–Kier alpha value is -1.40. The predicted molar refractivity (Wildman–Crippen MR) is 57.0 cm³/mol. The van der Waals surface area contributed by atoms with Crippen LogP contribution in [0.25, 0.3) is 0 Å². The molecule has 0 heterocycles. The average Bonchev–Trinajstić information content (AvgIpc) is 2.17. The lowest BCUT2D eigenvalue weighted by Gasteiger charge is -2.16.